The van der Waals surface area contributed by atoms with Crippen LogP contribution in [0.15, 0.2) is 46.5 Å². The van der Waals surface area contributed by atoms with Gasteiger partial charge in [-0.2, -0.15) is 0 Å². The molecule has 0 saturated carbocycles. The highest BCUT2D eigenvalue weighted by Gasteiger charge is 2.16. The lowest BCUT2D eigenvalue weighted by molar-refractivity contribution is -0.127. The third kappa shape index (κ3) is 5.59. The number of hydrogen-bond acceptors (Lipinski definition) is 6. The van der Waals surface area contributed by atoms with E-state index in [9.17, 15) is 14.4 Å². The zero-order valence-corrected chi connectivity index (χ0v) is 15.3. The van der Waals surface area contributed by atoms with Crippen molar-refractivity contribution < 1.29 is 19.1 Å². The fourth-order valence-electron chi connectivity index (χ4n) is 1.96. The van der Waals surface area contributed by atoms with Crippen LogP contribution in [-0.2, 0) is 14.3 Å². The van der Waals surface area contributed by atoms with Gasteiger partial charge in [-0.3, -0.25) is 9.59 Å². The summed E-state index contributed by atoms with van der Waals surface area (Å²) in [6, 6.07) is 9.17. The summed E-state index contributed by atoms with van der Waals surface area (Å²) in [5.74, 6) is -1.95. The first kappa shape index (κ1) is 19.5. The van der Waals surface area contributed by atoms with Gasteiger partial charge in [0, 0.05) is 11.1 Å². The number of aromatic nitrogens is 1. The topological polar surface area (TPSA) is 111 Å². The number of benzene rings is 1. The monoisotopic (exact) mass is 373 g/mol. The summed E-state index contributed by atoms with van der Waals surface area (Å²) in [7, 11) is 0. The minimum absolute atomic E-state index is 0.262. The van der Waals surface area contributed by atoms with E-state index in [1.165, 1.54) is 17.3 Å². The van der Waals surface area contributed by atoms with Crippen LogP contribution < -0.4 is 11.1 Å². The molecule has 1 aromatic heterocycles. The van der Waals surface area contributed by atoms with Gasteiger partial charge in [0.1, 0.15) is 5.03 Å². The summed E-state index contributed by atoms with van der Waals surface area (Å²) in [5.41, 5.74) is 7.51. The number of nitrogens with two attached hydrogens (primary N) is 1. The molecule has 1 aromatic carbocycles. The highest BCUT2D eigenvalue weighted by atomic mass is 32.2. The number of nitrogens with zero attached hydrogens (tertiary/aromatic N) is 1. The van der Waals surface area contributed by atoms with Gasteiger partial charge >= 0.3 is 5.97 Å². The molecule has 2 aromatic rings. The Balaban J connectivity index is 2.05. The summed E-state index contributed by atoms with van der Waals surface area (Å²) >= 11 is 1.34. The SMILES string of the molecule is Cc1ccc(Sc2ncccc2C(=O)OCC(=O)NCC(N)=O)cc1C. The zero-order valence-electron chi connectivity index (χ0n) is 14.4. The van der Waals surface area contributed by atoms with Crippen molar-refractivity contribution in [2.45, 2.75) is 23.8 Å². The fraction of sp³-hybridized carbons (Fsp3) is 0.222. The lowest BCUT2D eigenvalue weighted by Gasteiger charge is -2.09. The Hall–Kier alpha value is -2.87. The molecule has 0 fully saturated rings. The molecule has 136 valence electrons. The number of amides is 2. The predicted molar refractivity (Wildman–Crippen MR) is 96.8 cm³/mol. The van der Waals surface area contributed by atoms with Gasteiger partial charge < -0.3 is 15.8 Å². The van der Waals surface area contributed by atoms with E-state index in [0.717, 1.165) is 10.5 Å². The molecule has 0 spiro atoms. The maximum atomic E-state index is 12.3. The number of pyridine rings is 1. The Kier molecular flexibility index (Phi) is 6.74. The van der Waals surface area contributed by atoms with Crippen LogP contribution in [0.1, 0.15) is 21.5 Å². The Morgan fingerprint density at radius 2 is 1.96 bits per heavy atom. The Morgan fingerprint density at radius 3 is 2.65 bits per heavy atom. The number of nitrogens with one attached hydrogen (secondary N) is 1. The normalized spacial score (nSPS) is 10.2. The lowest BCUT2D eigenvalue weighted by Crippen LogP contribution is -2.36. The van der Waals surface area contributed by atoms with Crippen LogP contribution in [0.5, 0.6) is 0 Å². The average Bonchev–Trinajstić information content (AvgIpc) is 2.61. The quantitative estimate of drug-likeness (QED) is 0.713. The Morgan fingerprint density at radius 1 is 1.19 bits per heavy atom. The van der Waals surface area contributed by atoms with Gasteiger partial charge in [-0.05, 0) is 49.2 Å². The van der Waals surface area contributed by atoms with Gasteiger partial charge in [0.25, 0.3) is 5.91 Å². The summed E-state index contributed by atoms with van der Waals surface area (Å²) in [5, 5.41) is 2.73. The number of carbonyl (C=O) groups excluding carboxylic acids is 3. The van der Waals surface area contributed by atoms with Crippen molar-refractivity contribution in [3.63, 3.8) is 0 Å². The van der Waals surface area contributed by atoms with Crippen LogP contribution in [-0.4, -0.2) is 35.9 Å². The van der Waals surface area contributed by atoms with Gasteiger partial charge in [0.05, 0.1) is 12.1 Å². The molecule has 0 aliphatic rings. The molecule has 0 aliphatic heterocycles. The molecule has 8 heteroatoms. The third-order valence-corrected chi connectivity index (χ3v) is 4.49. The predicted octanol–water partition coefficient (Wildman–Crippen LogP) is 1.61. The van der Waals surface area contributed by atoms with Crippen LogP contribution in [0.25, 0.3) is 0 Å². The largest absolute Gasteiger partial charge is 0.452 e. The molecule has 0 atom stereocenters. The van der Waals surface area contributed by atoms with Gasteiger partial charge in [-0.25, -0.2) is 9.78 Å². The highest BCUT2D eigenvalue weighted by molar-refractivity contribution is 7.99. The summed E-state index contributed by atoms with van der Waals surface area (Å²) in [6.07, 6.45) is 1.58. The lowest BCUT2D eigenvalue weighted by atomic mass is 10.1. The smallest absolute Gasteiger partial charge is 0.341 e. The molecule has 2 rings (SSSR count). The first-order valence-electron chi connectivity index (χ1n) is 7.79. The number of primary amides is 1. The number of aryl methyl sites for hydroxylation is 2. The Labute approximate surface area is 155 Å². The minimum atomic E-state index is -0.677. The van der Waals surface area contributed by atoms with E-state index >= 15 is 0 Å². The molecule has 0 aliphatic carbocycles. The number of esters is 1. The molecule has 1 heterocycles. The van der Waals surface area contributed by atoms with Gasteiger partial charge in [0.15, 0.2) is 6.61 Å². The van der Waals surface area contributed by atoms with Crippen LogP contribution in [0.4, 0.5) is 0 Å². The molecule has 7 nitrogen and oxygen atoms in total. The van der Waals surface area contributed by atoms with Gasteiger partial charge in [-0.1, -0.05) is 17.8 Å². The summed E-state index contributed by atoms with van der Waals surface area (Å²) in [6.45, 7) is 3.22. The first-order chi connectivity index (χ1) is 12.4. The maximum absolute atomic E-state index is 12.3. The molecule has 0 bridgehead atoms. The molecule has 0 unspecified atom stereocenters. The summed E-state index contributed by atoms with van der Waals surface area (Å²) < 4.78 is 4.99. The van der Waals surface area contributed by atoms with Crippen molar-refractivity contribution >= 4 is 29.5 Å². The first-order valence-corrected chi connectivity index (χ1v) is 8.60. The third-order valence-electron chi connectivity index (χ3n) is 3.48. The molecule has 3 N–H and O–H groups in total. The fourth-order valence-corrected chi connectivity index (χ4v) is 2.93. The van der Waals surface area contributed by atoms with Crippen LogP contribution in [0.3, 0.4) is 0 Å². The second kappa shape index (κ2) is 9.00. The van der Waals surface area contributed by atoms with E-state index < -0.39 is 24.4 Å². The average molecular weight is 373 g/mol. The standard InChI is InChI=1S/C18H19N3O4S/c1-11-5-6-13(8-12(11)2)26-17-14(4-3-7-20-17)18(24)25-10-16(23)21-9-15(19)22/h3-8H,9-10H2,1-2H3,(H2,19,22)(H,21,23). The molecular formula is C18H19N3O4S. The van der Waals surface area contributed by atoms with Crippen molar-refractivity contribution in [2.75, 3.05) is 13.2 Å². The van der Waals surface area contributed by atoms with E-state index in [-0.39, 0.29) is 12.1 Å². The maximum Gasteiger partial charge on any atom is 0.341 e. The highest BCUT2D eigenvalue weighted by Crippen LogP contribution is 2.30. The number of hydrogen-bond donors (Lipinski definition) is 2. The van der Waals surface area contributed by atoms with Crippen molar-refractivity contribution in [3.05, 3.63) is 53.2 Å². The van der Waals surface area contributed by atoms with E-state index in [2.05, 4.69) is 10.3 Å². The Bertz CT molecular complexity index is 839. The van der Waals surface area contributed by atoms with Crippen molar-refractivity contribution in [1.82, 2.24) is 10.3 Å². The van der Waals surface area contributed by atoms with Crippen LogP contribution in [0.2, 0.25) is 0 Å². The van der Waals surface area contributed by atoms with Crippen molar-refractivity contribution in [1.29, 1.82) is 0 Å². The van der Waals surface area contributed by atoms with Crippen LogP contribution in [0, 0.1) is 13.8 Å². The summed E-state index contributed by atoms with van der Waals surface area (Å²) in [4.78, 5) is 39.6. The number of ether oxygens (including phenoxy) is 1. The van der Waals surface area contributed by atoms with Gasteiger partial charge in [0.2, 0.25) is 5.91 Å². The molecule has 2 amide bonds. The number of rotatable bonds is 7. The second-order valence-corrected chi connectivity index (χ2v) is 6.59. The minimum Gasteiger partial charge on any atom is -0.452 e. The second-order valence-electron chi connectivity index (χ2n) is 5.52. The van der Waals surface area contributed by atoms with E-state index in [4.69, 9.17) is 10.5 Å². The number of carbonyl (C=O) groups is 3. The van der Waals surface area contributed by atoms with Crippen molar-refractivity contribution in [2.24, 2.45) is 5.73 Å². The molecule has 0 radical (unpaired) electrons. The molecule has 26 heavy (non-hydrogen) atoms. The van der Waals surface area contributed by atoms with E-state index in [0.29, 0.717) is 5.03 Å². The van der Waals surface area contributed by atoms with Crippen molar-refractivity contribution in [3.8, 4) is 0 Å². The molecule has 0 saturated heterocycles. The van der Waals surface area contributed by atoms with E-state index in [1.807, 2.05) is 32.0 Å². The van der Waals surface area contributed by atoms with E-state index in [1.54, 1.807) is 18.3 Å². The zero-order chi connectivity index (χ0) is 19.1. The van der Waals surface area contributed by atoms with Crippen LogP contribution >= 0.6 is 11.8 Å². The molecular weight excluding hydrogens is 354 g/mol. The van der Waals surface area contributed by atoms with Gasteiger partial charge in [-0.15, -0.1) is 0 Å².